The first-order chi connectivity index (χ1) is 8.97. The van der Waals surface area contributed by atoms with Crippen molar-refractivity contribution in [3.8, 4) is 0 Å². The summed E-state index contributed by atoms with van der Waals surface area (Å²) in [6.45, 7) is 3.64. The average Bonchev–Trinajstić information content (AvgIpc) is 2.40. The van der Waals surface area contributed by atoms with Gasteiger partial charge in [0.2, 0.25) is 5.91 Å². The van der Waals surface area contributed by atoms with Crippen molar-refractivity contribution in [1.29, 1.82) is 0 Å². The molecule has 0 radical (unpaired) electrons. The summed E-state index contributed by atoms with van der Waals surface area (Å²) in [6, 6.07) is 9.13. The highest BCUT2D eigenvalue weighted by molar-refractivity contribution is 8.02. The van der Waals surface area contributed by atoms with Gasteiger partial charge in [0.15, 0.2) is 0 Å². The lowest BCUT2D eigenvalue weighted by molar-refractivity contribution is -0.136. The van der Waals surface area contributed by atoms with Crippen molar-refractivity contribution in [2.45, 2.75) is 36.7 Å². The second-order valence-electron chi connectivity index (χ2n) is 4.26. The van der Waals surface area contributed by atoms with E-state index in [4.69, 9.17) is 5.73 Å². The van der Waals surface area contributed by atoms with Gasteiger partial charge in [-0.15, -0.1) is 11.8 Å². The highest BCUT2D eigenvalue weighted by Crippen LogP contribution is 2.42. The van der Waals surface area contributed by atoms with Gasteiger partial charge in [-0.1, -0.05) is 44.2 Å². The average molecular weight is 281 g/mol. The van der Waals surface area contributed by atoms with Gasteiger partial charge < -0.3 is 10.8 Å². The molecule has 0 unspecified atom stereocenters. The molecule has 2 atom stereocenters. The molecule has 0 aliphatic carbocycles. The highest BCUT2D eigenvalue weighted by Gasteiger charge is 2.41. The lowest BCUT2D eigenvalue weighted by atomic mass is 9.95. The Hall–Kier alpha value is -1.49. The number of carboxylic acids is 1. The molecule has 0 aliphatic heterocycles. The zero-order chi connectivity index (χ0) is 14.5. The number of carbonyl (C=O) groups excluding carboxylic acids is 1. The molecule has 5 heteroatoms. The molecule has 0 aliphatic rings. The van der Waals surface area contributed by atoms with Crippen LogP contribution >= 0.6 is 11.8 Å². The molecule has 104 valence electrons. The molecule has 1 aromatic carbocycles. The zero-order valence-electron chi connectivity index (χ0n) is 11.1. The minimum atomic E-state index is -0.986. The van der Waals surface area contributed by atoms with Crippen molar-refractivity contribution in [3.63, 3.8) is 0 Å². The van der Waals surface area contributed by atoms with Gasteiger partial charge in [0.05, 0.1) is 0 Å². The summed E-state index contributed by atoms with van der Waals surface area (Å²) in [7, 11) is 0. The van der Waals surface area contributed by atoms with Crippen LogP contribution in [0.5, 0.6) is 0 Å². The lowest BCUT2D eigenvalue weighted by Gasteiger charge is -2.31. The van der Waals surface area contributed by atoms with E-state index in [0.29, 0.717) is 12.8 Å². The first kappa shape index (κ1) is 15.6. The molecule has 0 saturated heterocycles. The predicted molar refractivity (Wildman–Crippen MR) is 76.9 cm³/mol. The van der Waals surface area contributed by atoms with E-state index in [0.717, 1.165) is 17.3 Å². The van der Waals surface area contributed by atoms with E-state index in [1.165, 1.54) is 0 Å². The number of carboxylic acid groups (broad SMARTS) is 1. The van der Waals surface area contributed by atoms with E-state index in [1.807, 2.05) is 37.3 Å². The van der Waals surface area contributed by atoms with Crippen LogP contribution in [0.1, 0.15) is 32.3 Å². The molecular formula is C14H19NO3S. The number of primary amides is 1. The molecular weight excluding hydrogens is 262 g/mol. The standard InChI is InChI=1S/C14H19NO3S/c1-3-11(12(16)17)19-14(4-2,13(15)18)10-8-6-5-7-9-10/h5-9,11H,3-4H2,1-2H3,(H2,15,18)(H,16,17)/t11-,14-/m0/s1. The van der Waals surface area contributed by atoms with Crippen LogP contribution in [0.2, 0.25) is 0 Å². The summed E-state index contributed by atoms with van der Waals surface area (Å²) in [5, 5.41) is 8.54. The molecule has 0 saturated carbocycles. The summed E-state index contributed by atoms with van der Waals surface area (Å²) >= 11 is 1.13. The minimum Gasteiger partial charge on any atom is -0.480 e. The summed E-state index contributed by atoms with van der Waals surface area (Å²) in [6.07, 6.45) is 0.905. The molecule has 0 fully saturated rings. The first-order valence-corrected chi connectivity index (χ1v) is 7.12. The molecule has 0 heterocycles. The number of hydrogen-bond acceptors (Lipinski definition) is 3. The molecule has 1 rings (SSSR count). The smallest absolute Gasteiger partial charge is 0.316 e. The fourth-order valence-corrected chi connectivity index (χ4v) is 3.30. The van der Waals surface area contributed by atoms with Crippen LogP contribution in [0.25, 0.3) is 0 Å². The van der Waals surface area contributed by atoms with Gasteiger partial charge in [-0.25, -0.2) is 0 Å². The van der Waals surface area contributed by atoms with Crippen LogP contribution in [0.3, 0.4) is 0 Å². The fraction of sp³-hybridized carbons (Fsp3) is 0.429. The van der Waals surface area contributed by atoms with Crippen LogP contribution in [0, 0.1) is 0 Å². The number of amides is 1. The third-order valence-corrected chi connectivity index (χ3v) is 5.07. The van der Waals surface area contributed by atoms with Gasteiger partial charge in [-0.05, 0) is 18.4 Å². The summed E-state index contributed by atoms with van der Waals surface area (Å²) in [5.74, 6) is -1.41. The van der Waals surface area contributed by atoms with Gasteiger partial charge in [-0.2, -0.15) is 0 Å². The Morgan fingerprint density at radius 1 is 1.32 bits per heavy atom. The van der Waals surface area contributed by atoms with Crippen LogP contribution in [-0.4, -0.2) is 22.2 Å². The Morgan fingerprint density at radius 3 is 2.26 bits per heavy atom. The zero-order valence-corrected chi connectivity index (χ0v) is 11.9. The molecule has 4 nitrogen and oxygen atoms in total. The normalized spacial score (nSPS) is 15.5. The second-order valence-corrected chi connectivity index (χ2v) is 5.77. The van der Waals surface area contributed by atoms with Crippen LogP contribution in [0.15, 0.2) is 30.3 Å². The van der Waals surface area contributed by atoms with Gasteiger partial charge in [0, 0.05) is 0 Å². The number of benzene rings is 1. The van der Waals surface area contributed by atoms with Gasteiger partial charge >= 0.3 is 5.97 Å². The van der Waals surface area contributed by atoms with Crippen molar-refractivity contribution in [2.24, 2.45) is 5.73 Å². The Balaban J connectivity index is 3.21. The number of hydrogen-bond donors (Lipinski definition) is 2. The molecule has 0 aromatic heterocycles. The van der Waals surface area contributed by atoms with E-state index >= 15 is 0 Å². The maximum atomic E-state index is 11.9. The second kappa shape index (κ2) is 6.61. The summed E-state index contributed by atoms with van der Waals surface area (Å²) in [5.41, 5.74) is 6.32. The Bertz CT molecular complexity index is 449. The Labute approximate surface area is 117 Å². The van der Waals surface area contributed by atoms with E-state index in [1.54, 1.807) is 6.92 Å². The quantitative estimate of drug-likeness (QED) is 0.804. The predicted octanol–water partition coefficient (Wildman–Crippen LogP) is 2.37. The van der Waals surface area contributed by atoms with E-state index < -0.39 is 21.9 Å². The number of carbonyl (C=O) groups is 2. The maximum Gasteiger partial charge on any atom is 0.316 e. The number of nitrogens with two attached hydrogens (primary N) is 1. The molecule has 0 bridgehead atoms. The van der Waals surface area contributed by atoms with Crippen LogP contribution in [-0.2, 0) is 14.3 Å². The molecule has 1 aromatic rings. The number of aliphatic carboxylic acids is 1. The lowest BCUT2D eigenvalue weighted by Crippen LogP contribution is -2.40. The minimum absolute atomic E-state index is 0.446. The first-order valence-electron chi connectivity index (χ1n) is 6.24. The van der Waals surface area contributed by atoms with Crippen LogP contribution < -0.4 is 5.73 Å². The topological polar surface area (TPSA) is 80.4 Å². The van der Waals surface area contributed by atoms with Gasteiger partial charge in [-0.3, -0.25) is 9.59 Å². The van der Waals surface area contributed by atoms with Crippen molar-refractivity contribution >= 4 is 23.6 Å². The van der Waals surface area contributed by atoms with E-state index in [2.05, 4.69) is 0 Å². The van der Waals surface area contributed by atoms with E-state index in [-0.39, 0.29) is 0 Å². The number of rotatable bonds is 7. The molecule has 3 N–H and O–H groups in total. The number of thioether (sulfide) groups is 1. The summed E-state index contributed by atoms with van der Waals surface area (Å²) < 4.78 is -0.986. The monoisotopic (exact) mass is 281 g/mol. The highest BCUT2D eigenvalue weighted by atomic mass is 32.2. The third-order valence-electron chi connectivity index (χ3n) is 3.13. The third kappa shape index (κ3) is 3.29. The van der Waals surface area contributed by atoms with Crippen molar-refractivity contribution in [2.75, 3.05) is 0 Å². The SMILES string of the molecule is CC[C@H](S[C@](CC)(C(N)=O)c1ccccc1)C(=O)O. The largest absolute Gasteiger partial charge is 0.480 e. The van der Waals surface area contributed by atoms with Gasteiger partial charge in [0.25, 0.3) is 0 Å². The van der Waals surface area contributed by atoms with Crippen LogP contribution in [0.4, 0.5) is 0 Å². The Morgan fingerprint density at radius 2 is 1.89 bits per heavy atom. The summed E-state index contributed by atoms with van der Waals surface area (Å²) in [4.78, 5) is 23.1. The molecule has 0 spiro atoms. The molecule has 1 amide bonds. The maximum absolute atomic E-state index is 11.9. The van der Waals surface area contributed by atoms with E-state index in [9.17, 15) is 14.7 Å². The molecule has 19 heavy (non-hydrogen) atoms. The van der Waals surface area contributed by atoms with Crippen molar-refractivity contribution in [1.82, 2.24) is 0 Å². The van der Waals surface area contributed by atoms with Gasteiger partial charge in [0.1, 0.15) is 10.00 Å². The van der Waals surface area contributed by atoms with Crippen molar-refractivity contribution in [3.05, 3.63) is 35.9 Å². The van der Waals surface area contributed by atoms with Crippen molar-refractivity contribution < 1.29 is 14.7 Å². The fourth-order valence-electron chi connectivity index (χ4n) is 1.99. The Kier molecular flexibility index (Phi) is 5.42.